The van der Waals surface area contributed by atoms with Crippen LogP contribution in [0.5, 0.6) is 0 Å². The lowest BCUT2D eigenvalue weighted by Gasteiger charge is -2.09. The number of benzene rings is 1. The van der Waals surface area contributed by atoms with Crippen LogP contribution in [-0.2, 0) is 0 Å². The Bertz CT molecular complexity index is 366. The van der Waals surface area contributed by atoms with Crippen LogP contribution in [0.15, 0.2) is 18.2 Å². The van der Waals surface area contributed by atoms with E-state index in [9.17, 15) is 0 Å². The van der Waals surface area contributed by atoms with Gasteiger partial charge in [0.25, 0.3) is 0 Å². The van der Waals surface area contributed by atoms with Crippen molar-refractivity contribution in [2.45, 2.75) is 32.6 Å². The number of nitrogens with two attached hydrogens (primary N) is 1. The van der Waals surface area contributed by atoms with Crippen LogP contribution in [0.2, 0.25) is 0 Å². The molecule has 3 nitrogen and oxygen atoms in total. The largest absolute Gasteiger partial charge is 0.396 e. The minimum Gasteiger partial charge on any atom is -0.396 e. The molecule has 0 amide bonds. The second-order valence-electron chi connectivity index (χ2n) is 3.87. The molecule has 0 aliphatic heterocycles. The molecule has 0 saturated heterocycles. The van der Waals surface area contributed by atoms with Crippen molar-refractivity contribution < 1.29 is 0 Å². The first-order valence-electron chi connectivity index (χ1n) is 5.82. The Morgan fingerprint density at radius 2 is 2.12 bits per heavy atom. The van der Waals surface area contributed by atoms with Crippen LogP contribution < -0.4 is 11.1 Å². The van der Waals surface area contributed by atoms with Gasteiger partial charge in [-0.3, -0.25) is 0 Å². The quantitative estimate of drug-likeness (QED) is 0.568. The molecule has 0 heterocycles. The minimum absolute atomic E-state index is 0.540. The third-order valence-corrected chi connectivity index (χ3v) is 2.57. The lowest BCUT2D eigenvalue weighted by molar-refractivity contribution is 0.685. The van der Waals surface area contributed by atoms with E-state index in [1.807, 2.05) is 12.1 Å². The molecule has 0 aliphatic rings. The fraction of sp³-hybridized carbons (Fsp3) is 0.462. The van der Waals surface area contributed by atoms with Crippen molar-refractivity contribution in [3.8, 4) is 6.07 Å². The summed E-state index contributed by atoms with van der Waals surface area (Å²) in [6.07, 6.45) is 4.90. The van der Waals surface area contributed by atoms with Gasteiger partial charge >= 0.3 is 0 Å². The van der Waals surface area contributed by atoms with Crippen LogP contribution in [0, 0.1) is 11.3 Å². The Morgan fingerprint density at radius 3 is 2.81 bits per heavy atom. The molecule has 0 saturated carbocycles. The number of unbranched alkanes of at least 4 members (excludes halogenated alkanes) is 3. The Morgan fingerprint density at radius 1 is 1.31 bits per heavy atom. The summed E-state index contributed by atoms with van der Waals surface area (Å²) in [5.41, 5.74) is 7.82. The zero-order valence-corrected chi connectivity index (χ0v) is 9.79. The smallest absolute Gasteiger partial charge is 0.101 e. The van der Waals surface area contributed by atoms with Gasteiger partial charge in [0.15, 0.2) is 0 Å². The third-order valence-electron chi connectivity index (χ3n) is 2.57. The number of hydrogen-bond donors (Lipinski definition) is 2. The monoisotopic (exact) mass is 217 g/mol. The molecule has 3 heteroatoms. The van der Waals surface area contributed by atoms with E-state index >= 15 is 0 Å². The molecule has 1 aromatic carbocycles. The molecular formula is C13H19N3. The van der Waals surface area contributed by atoms with E-state index in [2.05, 4.69) is 18.3 Å². The van der Waals surface area contributed by atoms with Gasteiger partial charge in [-0.25, -0.2) is 0 Å². The van der Waals surface area contributed by atoms with Crippen LogP contribution >= 0.6 is 0 Å². The van der Waals surface area contributed by atoms with Crippen molar-refractivity contribution >= 4 is 11.4 Å². The molecule has 0 spiro atoms. The molecule has 0 bridgehead atoms. The Balaban J connectivity index is 2.45. The standard InChI is InChI=1S/C13H19N3/c1-2-3-4-5-9-16-12-8-6-7-11(10-14)13(12)15/h6-8,16H,2-5,9,15H2,1H3. The van der Waals surface area contributed by atoms with Gasteiger partial charge in [0, 0.05) is 6.54 Å². The average Bonchev–Trinajstić information content (AvgIpc) is 2.31. The number of nitrogens with one attached hydrogen (secondary N) is 1. The van der Waals surface area contributed by atoms with Gasteiger partial charge in [0.2, 0.25) is 0 Å². The number of nitrogens with zero attached hydrogens (tertiary/aromatic N) is 1. The van der Waals surface area contributed by atoms with Gasteiger partial charge in [-0.15, -0.1) is 0 Å². The van der Waals surface area contributed by atoms with E-state index < -0.39 is 0 Å². The van der Waals surface area contributed by atoms with E-state index in [0.29, 0.717) is 11.3 Å². The van der Waals surface area contributed by atoms with Gasteiger partial charge < -0.3 is 11.1 Å². The van der Waals surface area contributed by atoms with Gasteiger partial charge in [0.05, 0.1) is 16.9 Å². The van der Waals surface area contributed by atoms with Crippen molar-refractivity contribution in [3.63, 3.8) is 0 Å². The molecule has 1 rings (SSSR count). The fourth-order valence-electron chi connectivity index (χ4n) is 1.59. The predicted molar refractivity (Wildman–Crippen MR) is 68.2 cm³/mol. The second-order valence-corrected chi connectivity index (χ2v) is 3.87. The SMILES string of the molecule is CCCCCCNc1cccc(C#N)c1N. The third kappa shape index (κ3) is 3.47. The van der Waals surface area contributed by atoms with Gasteiger partial charge in [0.1, 0.15) is 6.07 Å². The first-order valence-corrected chi connectivity index (χ1v) is 5.82. The number of hydrogen-bond acceptors (Lipinski definition) is 3. The van der Waals surface area contributed by atoms with E-state index in [0.717, 1.165) is 18.7 Å². The molecule has 0 fully saturated rings. The minimum atomic E-state index is 0.540. The van der Waals surface area contributed by atoms with Crippen molar-refractivity contribution in [2.75, 3.05) is 17.6 Å². The van der Waals surface area contributed by atoms with Crippen molar-refractivity contribution in [2.24, 2.45) is 0 Å². The maximum Gasteiger partial charge on any atom is 0.101 e. The molecule has 1 aromatic rings. The zero-order valence-electron chi connectivity index (χ0n) is 9.79. The van der Waals surface area contributed by atoms with Crippen molar-refractivity contribution in [1.29, 1.82) is 5.26 Å². The second kappa shape index (κ2) is 6.73. The van der Waals surface area contributed by atoms with Crippen LogP contribution in [0.3, 0.4) is 0 Å². The van der Waals surface area contributed by atoms with E-state index in [-0.39, 0.29) is 0 Å². The number of nitriles is 1. The maximum atomic E-state index is 8.83. The summed E-state index contributed by atoms with van der Waals surface area (Å²) >= 11 is 0. The molecule has 0 atom stereocenters. The number of nitrogen functional groups attached to an aromatic ring is 1. The molecule has 0 radical (unpaired) electrons. The fourth-order valence-corrected chi connectivity index (χ4v) is 1.59. The average molecular weight is 217 g/mol. The topological polar surface area (TPSA) is 61.8 Å². The maximum absolute atomic E-state index is 8.83. The summed E-state index contributed by atoms with van der Waals surface area (Å²) < 4.78 is 0. The lowest BCUT2D eigenvalue weighted by atomic mass is 10.1. The zero-order chi connectivity index (χ0) is 11.8. The van der Waals surface area contributed by atoms with Crippen molar-refractivity contribution in [3.05, 3.63) is 23.8 Å². The molecule has 86 valence electrons. The predicted octanol–water partition coefficient (Wildman–Crippen LogP) is 3.13. The number of rotatable bonds is 6. The van der Waals surface area contributed by atoms with E-state index in [4.69, 9.17) is 11.0 Å². The summed E-state index contributed by atoms with van der Waals surface area (Å²) in [5.74, 6) is 0. The van der Waals surface area contributed by atoms with Gasteiger partial charge in [-0.1, -0.05) is 32.3 Å². The summed E-state index contributed by atoms with van der Waals surface area (Å²) in [5, 5.41) is 12.1. The Kier molecular flexibility index (Phi) is 5.21. The molecule has 3 N–H and O–H groups in total. The van der Waals surface area contributed by atoms with Crippen LogP contribution in [0.1, 0.15) is 38.2 Å². The summed E-state index contributed by atoms with van der Waals surface area (Å²) in [6.45, 7) is 3.11. The molecule has 0 aliphatic carbocycles. The number of para-hydroxylation sites is 1. The highest BCUT2D eigenvalue weighted by atomic mass is 14.9. The normalized spacial score (nSPS) is 9.75. The highest BCUT2D eigenvalue weighted by Crippen LogP contribution is 2.21. The van der Waals surface area contributed by atoms with Crippen molar-refractivity contribution in [1.82, 2.24) is 0 Å². The molecule has 16 heavy (non-hydrogen) atoms. The van der Waals surface area contributed by atoms with Crippen LogP contribution in [0.25, 0.3) is 0 Å². The van der Waals surface area contributed by atoms with Gasteiger partial charge in [-0.2, -0.15) is 5.26 Å². The van der Waals surface area contributed by atoms with E-state index in [1.54, 1.807) is 6.07 Å². The first kappa shape index (κ1) is 12.4. The molecular weight excluding hydrogens is 198 g/mol. The van der Waals surface area contributed by atoms with Crippen LogP contribution in [0.4, 0.5) is 11.4 Å². The summed E-state index contributed by atoms with van der Waals surface area (Å²) in [4.78, 5) is 0. The highest BCUT2D eigenvalue weighted by molar-refractivity contribution is 5.72. The Hall–Kier alpha value is -1.69. The highest BCUT2D eigenvalue weighted by Gasteiger charge is 2.02. The van der Waals surface area contributed by atoms with E-state index in [1.165, 1.54) is 19.3 Å². The number of anilines is 2. The summed E-state index contributed by atoms with van der Waals surface area (Å²) in [7, 11) is 0. The van der Waals surface area contributed by atoms with Gasteiger partial charge in [-0.05, 0) is 18.6 Å². The first-order chi connectivity index (χ1) is 7.79. The Labute approximate surface area is 97.3 Å². The summed E-state index contributed by atoms with van der Waals surface area (Å²) in [6, 6.07) is 7.58. The molecule has 0 aromatic heterocycles. The molecule has 0 unspecified atom stereocenters. The lowest BCUT2D eigenvalue weighted by Crippen LogP contribution is -2.05. The van der Waals surface area contributed by atoms with Crippen LogP contribution in [-0.4, -0.2) is 6.54 Å².